The summed E-state index contributed by atoms with van der Waals surface area (Å²) in [5.41, 5.74) is 1.05. The molecule has 1 aromatic heterocycles. The molecule has 3 heteroatoms. The second-order valence-electron chi connectivity index (χ2n) is 7.05. The number of pyridine rings is 1. The van der Waals surface area contributed by atoms with Crippen molar-refractivity contribution in [1.29, 1.82) is 0 Å². The fourth-order valence-corrected chi connectivity index (χ4v) is 2.24. The van der Waals surface area contributed by atoms with Crippen molar-refractivity contribution < 1.29 is 9.47 Å². The van der Waals surface area contributed by atoms with Crippen LogP contribution in [0.25, 0.3) is 0 Å². The molecule has 0 N–H and O–H groups in total. The van der Waals surface area contributed by atoms with E-state index in [9.17, 15) is 0 Å². The van der Waals surface area contributed by atoms with Gasteiger partial charge in [-0.05, 0) is 44.7 Å². The Bertz CT molecular complexity index is 599. The summed E-state index contributed by atoms with van der Waals surface area (Å²) < 4.78 is 11.4. The first-order valence-corrected chi connectivity index (χ1v) is 9.92. The Morgan fingerprint density at radius 2 is 1.85 bits per heavy atom. The van der Waals surface area contributed by atoms with Gasteiger partial charge in [-0.2, -0.15) is 0 Å². The first-order chi connectivity index (χ1) is 12.4. The van der Waals surface area contributed by atoms with Crippen molar-refractivity contribution >= 4 is 0 Å². The van der Waals surface area contributed by atoms with Gasteiger partial charge < -0.3 is 9.47 Å². The molecule has 0 aliphatic heterocycles. The van der Waals surface area contributed by atoms with Gasteiger partial charge >= 0.3 is 0 Å². The van der Waals surface area contributed by atoms with Gasteiger partial charge in [0.2, 0.25) is 0 Å². The van der Waals surface area contributed by atoms with Crippen LogP contribution in [0.5, 0.6) is 5.75 Å². The SMILES string of the molecule is C=C(C)OC1CC(Oc2ccc(C#CC3(C)CC3)nc2)C1.CC.CCC. The van der Waals surface area contributed by atoms with Crippen LogP contribution in [-0.2, 0) is 4.74 Å². The summed E-state index contributed by atoms with van der Waals surface area (Å²) in [5, 5.41) is 0. The molecule has 0 bridgehead atoms. The summed E-state index contributed by atoms with van der Waals surface area (Å²) >= 11 is 0. The normalized spacial score (nSPS) is 21.2. The molecule has 0 unspecified atom stereocenters. The van der Waals surface area contributed by atoms with E-state index in [1.807, 2.05) is 32.9 Å². The zero-order chi connectivity index (χ0) is 19.6. The second kappa shape index (κ2) is 10.9. The van der Waals surface area contributed by atoms with Crippen molar-refractivity contribution in [2.45, 2.75) is 85.9 Å². The van der Waals surface area contributed by atoms with E-state index in [0.29, 0.717) is 0 Å². The van der Waals surface area contributed by atoms with Crippen molar-refractivity contribution in [2.75, 3.05) is 0 Å². The Hall–Kier alpha value is -1.95. The maximum atomic E-state index is 5.85. The Morgan fingerprint density at radius 3 is 2.31 bits per heavy atom. The number of hydrogen-bond donors (Lipinski definition) is 0. The predicted molar refractivity (Wildman–Crippen MR) is 109 cm³/mol. The first-order valence-electron chi connectivity index (χ1n) is 9.92. The third-order valence-corrected chi connectivity index (χ3v) is 3.95. The minimum atomic E-state index is 0.221. The van der Waals surface area contributed by atoms with Crippen molar-refractivity contribution in [1.82, 2.24) is 4.98 Å². The van der Waals surface area contributed by atoms with E-state index in [0.717, 1.165) is 30.0 Å². The largest absolute Gasteiger partial charge is 0.495 e. The standard InChI is InChI=1S/C18H21NO2.C3H8.C2H6/c1-13(2)20-16-10-17(11-16)21-15-5-4-14(19-12-15)6-7-18(3)8-9-18;1-3-2;1-2/h4-5,12,16-17H,1,8-11H2,2-3H3;3H2,1-2H3;1-2H3. The topological polar surface area (TPSA) is 31.4 Å². The average molecular weight is 358 g/mol. The lowest BCUT2D eigenvalue weighted by Crippen LogP contribution is -2.39. The Morgan fingerprint density at radius 1 is 1.23 bits per heavy atom. The van der Waals surface area contributed by atoms with Crippen LogP contribution in [0, 0.1) is 17.3 Å². The van der Waals surface area contributed by atoms with Crippen LogP contribution in [0.1, 0.15) is 79.3 Å². The summed E-state index contributed by atoms with van der Waals surface area (Å²) in [4.78, 5) is 4.34. The monoisotopic (exact) mass is 357 g/mol. The number of hydrogen-bond acceptors (Lipinski definition) is 3. The summed E-state index contributed by atoms with van der Waals surface area (Å²) in [6.07, 6.45) is 7.71. The van der Waals surface area contributed by atoms with Crippen LogP contribution >= 0.6 is 0 Å². The number of allylic oxidation sites excluding steroid dienone is 1. The van der Waals surface area contributed by atoms with Gasteiger partial charge in [-0.25, -0.2) is 4.98 Å². The smallest absolute Gasteiger partial charge is 0.138 e. The Kier molecular flexibility index (Phi) is 9.27. The van der Waals surface area contributed by atoms with E-state index in [4.69, 9.17) is 9.47 Å². The van der Waals surface area contributed by atoms with E-state index >= 15 is 0 Å². The molecular formula is C23H35NO2. The number of aromatic nitrogens is 1. The molecule has 2 aliphatic rings. The van der Waals surface area contributed by atoms with Gasteiger partial charge in [0.15, 0.2) is 0 Å². The molecule has 3 nitrogen and oxygen atoms in total. The minimum absolute atomic E-state index is 0.221. The number of nitrogens with zero attached hydrogens (tertiary/aromatic N) is 1. The fourth-order valence-electron chi connectivity index (χ4n) is 2.24. The minimum Gasteiger partial charge on any atom is -0.495 e. The molecule has 1 heterocycles. The highest BCUT2D eigenvalue weighted by Crippen LogP contribution is 2.44. The van der Waals surface area contributed by atoms with Crippen molar-refractivity contribution in [3.8, 4) is 17.6 Å². The maximum absolute atomic E-state index is 5.85. The number of ether oxygens (including phenoxy) is 2. The lowest BCUT2D eigenvalue weighted by atomic mass is 9.92. The maximum Gasteiger partial charge on any atom is 0.138 e. The zero-order valence-corrected chi connectivity index (χ0v) is 17.4. The molecule has 2 saturated carbocycles. The van der Waals surface area contributed by atoms with E-state index in [1.165, 1.54) is 19.3 Å². The quantitative estimate of drug-likeness (QED) is 0.479. The molecule has 0 amide bonds. The molecule has 144 valence electrons. The van der Waals surface area contributed by atoms with Gasteiger partial charge in [0.05, 0.1) is 12.0 Å². The van der Waals surface area contributed by atoms with Crippen LogP contribution in [0.4, 0.5) is 0 Å². The van der Waals surface area contributed by atoms with Crippen LogP contribution in [0.3, 0.4) is 0 Å². The van der Waals surface area contributed by atoms with Gasteiger partial charge in [0, 0.05) is 18.3 Å². The van der Waals surface area contributed by atoms with E-state index in [2.05, 4.69) is 44.2 Å². The van der Waals surface area contributed by atoms with Gasteiger partial charge in [-0.1, -0.05) is 46.6 Å². The Balaban J connectivity index is 0.000000615. The molecule has 0 aromatic carbocycles. The van der Waals surface area contributed by atoms with Gasteiger partial charge in [-0.3, -0.25) is 0 Å². The van der Waals surface area contributed by atoms with E-state index < -0.39 is 0 Å². The molecular weight excluding hydrogens is 322 g/mol. The lowest BCUT2D eigenvalue weighted by Gasteiger charge is -2.35. The molecule has 0 spiro atoms. The van der Waals surface area contributed by atoms with Crippen molar-refractivity contribution in [3.05, 3.63) is 36.4 Å². The summed E-state index contributed by atoms with van der Waals surface area (Å²) in [6.45, 7) is 16.1. The van der Waals surface area contributed by atoms with Gasteiger partial charge in [-0.15, -0.1) is 0 Å². The molecule has 1 aromatic rings. The highest BCUT2D eigenvalue weighted by molar-refractivity contribution is 5.34. The number of rotatable bonds is 4. The summed E-state index contributed by atoms with van der Waals surface area (Å²) in [6, 6.07) is 3.87. The molecule has 0 saturated heterocycles. The van der Waals surface area contributed by atoms with Gasteiger partial charge in [0.25, 0.3) is 0 Å². The summed E-state index contributed by atoms with van der Waals surface area (Å²) in [7, 11) is 0. The van der Waals surface area contributed by atoms with Crippen LogP contribution in [0.15, 0.2) is 30.7 Å². The van der Waals surface area contributed by atoms with Crippen LogP contribution in [0.2, 0.25) is 0 Å². The van der Waals surface area contributed by atoms with Crippen molar-refractivity contribution in [3.63, 3.8) is 0 Å². The molecule has 0 atom stereocenters. The van der Waals surface area contributed by atoms with E-state index in [1.54, 1.807) is 6.20 Å². The second-order valence-corrected chi connectivity index (χ2v) is 7.05. The van der Waals surface area contributed by atoms with Crippen LogP contribution in [-0.4, -0.2) is 17.2 Å². The highest BCUT2D eigenvalue weighted by atomic mass is 16.5. The molecule has 2 fully saturated rings. The molecule has 2 aliphatic carbocycles. The fraction of sp³-hybridized carbons (Fsp3) is 0.609. The average Bonchev–Trinajstić information content (AvgIpc) is 3.32. The summed E-state index contributed by atoms with van der Waals surface area (Å²) in [5.74, 6) is 7.99. The third-order valence-electron chi connectivity index (χ3n) is 3.95. The van der Waals surface area contributed by atoms with Crippen molar-refractivity contribution in [2.24, 2.45) is 5.41 Å². The van der Waals surface area contributed by atoms with Crippen LogP contribution < -0.4 is 4.74 Å². The Labute approximate surface area is 160 Å². The molecule has 26 heavy (non-hydrogen) atoms. The molecule has 3 rings (SSSR count). The van der Waals surface area contributed by atoms with Gasteiger partial charge in [0.1, 0.15) is 23.7 Å². The lowest BCUT2D eigenvalue weighted by molar-refractivity contribution is -0.0302. The predicted octanol–water partition coefficient (Wildman–Crippen LogP) is 6.14. The third kappa shape index (κ3) is 7.95. The zero-order valence-electron chi connectivity index (χ0n) is 17.4. The first kappa shape index (κ1) is 22.1. The highest BCUT2D eigenvalue weighted by Gasteiger charge is 2.35. The molecule has 0 radical (unpaired) electrons. The van der Waals surface area contributed by atoms with E-state index in [-0.39, 0.29) is 17.6 Å².